The first-order valence-electron chi connectivity index (χ1n) is 7.22. The van der Waals surface area contributed by atoms with Crippen LogP contribution < -0.4 is 16.6 Å². The van der Waals surface area contributed by atoms with Crippen LogP contribution in [0.15, 0.2) is 66.7 Å². The molecule has 0 aliphatic heterocycles. The number of hydrogen-bond donors (Lipinski definition) is 3. The van der Waals surface area contributed by atoms with E-state index < -0.39 is 5.91 Å². The van der Waals surface area contributed by atoms with Gasteiger partial charge in [0.1, 0.15) is 0 Å². The number of carbonyl (C=O) groups excluding carboxylic acids is 1. The molecule has 1 aromatic heterocycles. The first-order chi connectivity index (χ1) is 11.6. The zero-order valence-electron chi connectivity index (χ0n) is 12.6. The minimum absolute atomic E-state index is 0.0193. The quantitative estimate of drug-likeness (QED) is 0.503. The second kappa shape index (κ2) is 6.93. The van der Waals surface area contributed by atoms with Crippen molar-refractivity contribution in [2.75, 3.05) is 0 Å². The summed E-state index contributed by atoms with van der Waals surface area (Å²) in [4.78, 5) is 12.2. The third-order valence-electron chi connectivity index (χ3n) is 3.31. The highest BCUT2D eigenvalue weighted by Crippen LogP contribution is 2.23. The molecule has 0 aliphatic rings. The first kappa shape index (κ1) is 15.7. The summed E-state index contributed by atoms with van der Waals surface area (Å²) in [5, 5.41) is 4.40. The van der Waals surface area contributed by atoms with E-state index in [4.69, 9.17) is 5.73 Å². The van der Waals surface area contributed by atoms with Crippen LogP contribution in [0.2, 0.25) is 0 Å². The van der Waals surface area contributed by atoms with Gasteiger partial charge in [-0.15, -0.1) is 0 Å². The van der Waals surface area contributed by atoms with Gasteiger partial charge >= 0.3 is 0 Å². The van der Waals surface area contributed by atoms with E-state index in [0.29, 0.717) is 0 Å². The Morgan fingerprint density at radius 2 is 1.62 bits per heavy atom. The van der Waals surface area contributed by atoms with E-state index in [1.54, 1.807) is 10.7 Å². The minimum atomic E-state index is -0.422. The van der Waals surface area contributed by atoms with Crippen LogP contribution in [0.1, 0.15) is 10.5 Å². The van der Waals surface area contributed by atoms with Gasteiger partial charge in [-0.2, -0.15) is 5.10 Å². The van der Waals surface area contributed by atoms with E-state index >= 15 is 0 Å². The van der Waals surface area contributed by atoms with Crippen LogP contribution in [0.3, 0.4) is 0 Å². The highest BCUT2D eigenvalue weighted by molar-refractivity contribution is 7.80. The number of thiocarbonyl (C=S) groups is 1. The van der Waals surface area contributed by atoms with Crippen molar-refractivity contribution in [3.8, 4) is 16.9 Å². The maximum absolute atomic E-state index is 12.2. The van der Waals surface area contributed by atoms with Crippen molar-refractivity contribution in [2.45, 2.75) is 0 Å². The van der Waals surface area contributed by atoms with Crippen molar-refractivity contribution in [3.63, 3.8) is 0 Å². The van der Waals surface area contributed by atoms with Crippen LogP contribution in [-0.4, -0.2) is 20.8 Å². The van der Waals surface area contributed by atoms with Gasteiger partial charge in [0, 0.05) is 5.56 Å². The van der Waals surface area contributed by atoms with E-state index in [0.717, 1.165) is 16.9 Å². The van der Waals surface area contributed by atoms with Gasteiger partial charge in [-0.3, -0.25) is 15.6 Å². The summed E-state index contributed by atoms with van der Waals surface area (Å²) in [5.74, 6) is -0.422. The largest absolute Gasteiger partial charge is 0.375 e. The summed E-state index contributed by atoms with van der Waals surface area (Å²) in [6.45, 7) is 0. The molecule has 1 heterocycles. The molecule has 4 N–H and O–H groups in total. The van der Waals surface area contributed by atoms with Crippen LogP contribution >= 0.6 is 12.2 Å². The molecule has 2 aromatic carbocycles. The summed E-state index contributed by atoms with van der Waals surface area (Å²) < 4.78 is 1.73. The Bertz CT molecular complexity index is 804. The minimum Gasteiger partial charge on any atom is -0.375 e. The second-order valence-corrected chi connectivity index (χ2v) is 5.41. The summed E-state index contributed by atoms with van der Waals surface area (Å²) in [6.07, 6.45) is 0. The molecule has 120 valence electrons. The van der Waals surface area contributed by atoms with E-state index in [-0.39, 0.29) is 10.8 Å². The molecule has 0 spiro atoms. The average molecular weight is 337 g/mol. The summed E-state index contributed by atoms with van der Waals surface area (Å²) in [7, 11) is 0. The van der Waals surface area contributed by atoms with Crippen LogP contribution in [0.4, 0.5) is 0 Å². The highest BCUT2D eigenvalue weighted by atomic mass is 32.1. The van der Waals surface area contributed by atoms with Crippen molar-refractivity contribution in [2.24, 2.45) is 5.73 Å². The normalized spacial score (nSPS) is 10.2. The lowest BCUT2D eigenvalue weighted by molar-refractivity contribution is 0.0938. The van der Waals surface area contributed by atoms with Crippen LogP contribution in [0.25, 0.3) is 16.9 Å². The Morgan fingerprint density at radius 3 is 2.25 bits per heavy atom. The maximum atomic E-state index is 12.2. The summed E-state index contributed by atoms with van der Waals surface area (Å²) in [5.41, 5.74) is 13.0. The van der Waals surface area contributed by atoms with Crippen molar-refractivity contribution >= 4 is 23.2 Å². The number of amides is 1. The summed E-state index contributed by atoms with van der Waals surface area (Å²) >= 11 is 4.67. The fourth-order valence-corrected chi connectivity index (χ4v) is 2.31. The van der Waals surface area contributed by atoms with Gasteiger partial charge in [0.15, 0.2) is 10.8 Å². The number of carbonyl (C=O) groups is 1. The zero-order chi connectivity index (χ0) is 16.9. The first-order valence-corrected chi connectivity index (χ1v) is 7.62. The van der Waals surface area contributed by atoms with Crippen LogP contribution in [0.5, 0.6) is 0 Å². The predicted octanol–water partition coefficient (Wildman–Crippen LogP) is 2.02. The Hall–Kier alpha value is -3.19. The van der Waals surface area contributed by atoms with Crippen molar-refractivity contribution in [1.29, 1.82) is 0 Å². The third-order valence-corrected chi connectivity index (χ3v) is 3.41. The van der Waals surface area contributed by atoms with Gasteiger partial charge in [0.05, 0.1) is 11.4 Å². The fourth-order valence-electron chi connectivity index (χ4n) is 2.26. The Balaban J connectivity index is 2.03. The second-order valence-electron chi connectivity index (χ2n) is 4.97. The zero-order valence-corrected chi connectivity index (χ0v) is 13.5. The lowest BCUT2D eigenvalue weighted by atomic mass is 10.1. The molecule has 0 atom stereocenters. The topological polar surface area (TPSA) is 85.0 Å². The van der Waals surface area contributed by atoms with Crippen molar-refractivity contribution < 1.29 is 4.79 Å². The van der Waals surface area contributed by atoms with Gasteiger partial charge in [0.25, 0.3) is 5.91 Å². The molecule has 0 saturated carbocycles. The smallest absolute Gasteiger partial charge is 0.290 e. The number of para-hydroxylation sites is 1. The molecule has 6 nitrogen and oxygen atoms in total. The van der Waals surface area contributed by atoms with E-state index in [1.165, 1.54) is 0 Å². The van der Waals surface area contributed by atoms with Gasteiger partial charge in [-0.25, -0.2) is 4.68 Å². The standard InChI is InChI=1S/C17H15N5OS/c18-17(24)20-19-16(23)14-11-15(12-7-3-1-4-8-12)22(21-14)13-9-5-2-6-10-13/h1-11H,(H,19,23)(H3,18,20,24). The average Bonchev–Trinajstić information content (AvgIpc) is 3.06. The number of benzene rings is 2. The van der Waals surface area contributed by atoms with E-state index in [9.17, 15) is 4.79 Å². The lowest BCUT2D eigenvalue weighted by Crippen LogP contribution is -2.44. The predicted molar refractivity (Wildman–Crippen MR) is 96.4 cm³/mol. The molecule has 0 saturated heterocycles. The number of nitrogens with two attached hydrogens (primary N) is 1. The molecule has 1 amide bonds. The maximum Gasteiger partial charge on any atom is 0.290 e. The molecular weight excluding hydrogens is 322 g/mol. The number of aromatic nitrogens is 2. The monoisotopic (exact) mass is 337 g/mol. The Kier molecular flexibility index (Phi) is 4.53. The molecule has 0 unspecified atom stereocenters. The lowest BCUT2D eigenvalue weighted by Gasteiger charge is -2.07. The SMILES string of the molecule is NC(=S)NNC(=O)c1cc(-c2ccccc2)n(-c2ccccc2)n1. The summed E-state index contributed by atoms with van der Waals surface area (Å²) in [6, 6.07) is 21.1. The molecule has 0 radical (unpaired) electrons. The molecular formula is C17H15N5OS. The molecule has 0 bridgehead atoms. The van der Waals surface area contributed by atoms with Crippen molar-refractivity contribution in [1.82, 2.24) is 20.6 Å². The molecule has 3 aromatic rings. The molecule has 24 heavy (non-hydrogen) atoms. The number of nitrogens with one attached hydrogen (secondary N) is 2. The number of nitrogens with zero attached hydrogens (tertiary/aromatic N) is 2. The van der Waals surface area contributed by atoms with E-state index in [2.05, 4.69) is 28.2 Å². The molecule has 0 fully saturated rings. The number of hydrazine groups is 1. The molecule has 0 aliphatic carbocycles. The third kappa shape index (κ3) is 3.41. The number of rotatable bonds is 3. The molecule has 7 heteroatoms. The fraction of sp³-hybridized carbons (Fsp3) is 0. The van der Waals surface area contributed by atoms with Crippen LogP contribution in [-0.2, 0) is 0 Å². The van der Waals surface area contributed by atoms with Gasteiger partial charge in [-0.1, -0.05) is 48.5 Å². The van der Waals surface area contributed by atoms with E-state index in [1.807, 2.05) is 60.7 Å². The molecule has 3 rings (SSSR count). The number of hydrogen-bond acceptors (Lipinski definition) is 3. The van der Waals surface area contributed by atoms with Crippen LogP contribution in [0, 0.1) is 0 Å². The Morgan fingerprint density at radius 1 is 1.00 bits per heavy atom. The highest BCUT2D eigenvalue weighted by Gasteiger charge is 2.16. The van der Waals surface area contributed by atoms with Gasteiger partial charge in [-0.05, 0) is 30.4 Å². The van der Waals surface area contributed by atoms with Crippen molar-refractivity contribution in [3.05, 3.63) is 72.4 Å². The Labute approximate surface area is 144 Å². The van der Waals surface area contributed by atoms with Gasteiger partial charge < -0.3 is 5.73 Å². The van der Waals surface area contributed by atoms with Gasteiger partial charge in [0.2, 0.25) is 0 Å².